The van der Waals surface area contributed by atoms with Gasteiger partial charge in [0, 0.05) is 44.4 Å². The number of piperidine rings is 1. The van der Waals surface area contributed by atoms with Crippen molar-refractivity contribution in [2.45, 2.75) is 38.8 Å². The Kier molecular flexibility index (Phi) is 10.4. The van der Waals surface area contributed by atoms with Crippen molar-refractivity contribution in [1.29, 1.82) is 0 Å². The summed E-state index contributed by atoms with van der Waals surface area (Å²) in [6, 6.07) is 10.4. The number of amides is 2. The average molecular weight is 540 g/mol. The van der Waals surface area contributed by atoms with Crippen LogP contribution in [0.3, 0.4) is 0 Å². The molecular weight excluding hydrogens is 506 g/mol. The first-order valence-corrected chi connectivity index (χ1v) is 14.1. The van der Waals surface area contributed by atoms with E-state index < -0.39 is 10.0 Å². The van der Waals surface area contributed by atoms with Gasteiger partial charge in [-0.15, -0.1) is 0 Å². The molecular formula is C25H34ClN3O6S. The second kappa shape index (κ2) is 13.2. The summed E-state index contributed by atoms with van der Waals surface area (Å²) < 4.78 is 37.2. The zero-order valence-electron chi connectivity index (χ0n) is 20.8. The smallest absolute Gasteiger partial charge is 0.289 e. The van der Waals surface area contributed by atoms with Gasteiger partial charge in [0.25, 0.3) is 5.91 Å². The molecule has 2 heterocycles. The fourth-order valence-corrected chi connectivity index (χ4v) is 5.84. The summed E-state index contributed by atoms with van der Waals surface area (Å²) in [7, 11) is -2.11. The zero-order chi connectivity index (χ0) is 26.1. The van der Waals surface area contributed by atoms with Gasteiger partial charge in [-0.3, -0.25) is 9.59 Å². The van der Waals surface area contributed by atoms with Gasteiger partial charge in [-0.2, -0.15) is 4.31 Å². The van der Waals surface area contributed by atoms with E-state index in [1.54, 1.807) is 41.0 Å². The van der Waals surface area contributed by atoms with Gasteiger partial charge in [-0.1, -0.05) is 30.7 Å². The number of nitrogens with zero attached hydrogens (tertiary/aromatic N) is 3. The third kappa shape index (κ3) is 7.55. The predicted molar refractivity (Wildman–Crippen MR) is 137 cm³/mol. The number of hydrogen-bond donors (Lipinski definition) is 0. The lowest BCUT2D eigenvalue weighted by molar-refractivity contribution is -0.135. The van der Waals surface area contributed by atoms with E-state index in [-0.39, 0.29) is 49.1 Å². The molecule has 1 aliphatic rings. The van der Waals surface area contributed by atoms with Gasteiger partial charge in [-0.25, -0.2) is 8.42 Å². The maximum absolute atomic E-state index is 13.6. The summed E-state index contributed by atoms with van der Waals surface area (Å²) in [5.41, 5.74) is 0.890. The second-order valence-corrected chi connectivity index (χ2v) is 11.3. The van der Waals surface area contributed by atoms with Crippen LogP contribution in [0.4, 0.5) is 0 Å². The number of hydrogen-bond acceptors (Lipinski definition) is 6. The Balaban J connectivity index is 1.77. The molecule has 0 bridgehead atoms. The summed E-state index contributed by atoms with van der Waals surface area (Å²) in [4.78, 5) is 29.7. The topological polar surface area (TPSA) is 100 Å². The highest BCUT2D eigenvalue weighted by Crippen LogP contribution is 2.22. The summed E-state index contributed by atoms with van der Waals surface area (Å²) in [5, 5.41) is 0.595. The quantitative estimate of drug-likeness (QED) is 0.410. The fraction of sp³-hybridized carbons (Fsp3) is 0.520. The molecule has 36 heavy (non-hydrogen) atoms. The van der Waals surface area contributed by atoms with E-state index in [9.17, 15) is 18.0 Å². The van der Waals surface area contributed by atoms with Gasteiger partial charge in [0.15, 0.2) is 5.76 Å². The number of sulfonamides is 1. The molecule has 0 unspecified atom stereocenters. The van der Waals surface area contributed by atoms with Crippen LogP contribution in [0.15, 0.2) is 47.1 Å². The zero-order valence-corrected chi connectivity index (χ0v) is 22.3. The monoisotopic (exact) mass is 539 g/mol. The second-order valence-electron chi connectivity index (χ2n) is 8.79. The average Bonchev–Trinajstić information content (AvgIpc) is 3.41. The first-order chi connectivity index (χ1) is 17.2. The highest BCUT2D eigenvalue weighted by molar-refractivity contribution is 7.89. The van der Waals surface area contributed by atoms with Gasteiger partial charge in [0.05, 0.1) is 25.2 Å². The van der Waals surface area contributed by atoms with E-state index in [4.69, 9.17) is 20.8 Å². The summed E-state index contributed by atoms with van der Waals surface area (Å²) in [6.45, 7) is 3.09. The van der Waals surface area contributed by atoms with Crippen molar-refractivity contribution < 1.29 is 27.2 Å². The van der Waals surface area contributed by atoms with Crippen molar-refractivity contribution in [2.24, 2.45) is 0 Å². The SMILES string of the molecule is CCCS(=O)(=O)N(CCOC)CC(=O)N(Cc1ccc(Cl)cc1)C1CCN(C(=O)c2ccco2)CC1. The maximum atomic E-state index is 13.6. The van der Waals surface area contributed by atoms with Crippen molar-refractivity contribution in [3.05, 3.63) is 59.0 Å². The first kappa shape index (κ1) is 28.2. The number of likely N-dealkylation sites (tertiary alicyclic amines) is 1. The molecule has 0 atom stereocenters. The normalized spacial score (nSPS) is 14.8. The van der Waals surface area contributed by atoms with Gasteiger partial charge in [0.1, 0.15) is 0 Å². The molecule has 0 radical (unpaired) electrons. The number of carbonyl (C=O) groups is 2. The van der Waals surface area contributed by atoms with Crippen molar-refractivity contribution >= 4 is 33.4 Å². The summed E-state index contributed by atoms with van der Waals surface area (Å²) in [5.74, 6) is -0.200. The molecule has 9 nitrogen and oxygen atoms in total. The molecule has 0 saturated carbocycles. The molecule has 0 spiro atoms. The van der Waals surface area contributed by atoms with E-state index in [2.05, 4.69) is 0 Å². The van der Waals surface area contributed by atoms with Crippen LogP contribution in [-0.4, -0.2) is 86.0 Å². The van der Waals surface area contributed by atoms with E-state index in [1.165, 1.54) is 17.7 Å². The summed E-state index contributed by atoms with van der Waals surface area (Å²) >= 11 is 6.03. The van der Waals surface area contributed by atoms with Crippen LogP contribution in [0, 0.1) is 0 Å². The molecule has 1 fully saturated rings. The van der Waals surface area contributed by atoms with E-state index in [0.717, 1.165) is 5.56 Å². The number of furan rings is 1. The standard InChI is InChI=1S/C25H34ClN3O6S/c1-3-17-36(32,33)28(14-16-34-2)19-24(30)29(18-20-6-8-21(26)9-7-20)22-10-12-27(13-11-22)25(31)23-5-4-15-35-23/h4-9,15,22H,3,10-14,16-19H2,1-2H3. The number of benzene rings is 1. The number of halogens is 1. The van der Waals surface area contributed by atoms with Crippen molar-refractivity contribution in [1.82, 2.24) is 14.1 Å². The van der Waals surface area contributed by atoms with Crippen LogP contribution >= 0.6 is 11.6 Å². The van der Waals surface area contributed by atoms with Crippen LogP contribution in [0.2, 0.25) is 5.02 Å². The van der Waals surface area contributed by atoms with Crippen LogP contribution in [0.25, 0.3) is 0 Å². The Labute approximate surface area is 218 Å². The first-order valence-electron chi connectivity index (χ1n) is 12.1. The number of methoxy groups -OCH3 is 1. The van der Waals surface area contributed by atoms with E-state index >= 15 is 0 Å². The lowest BCUT2D eigenvalue weighted by atomic mass is 10.0. The highest BCUT2D eigenvalue weighted by Gasteiger charge is 2.33. The van der Waals surface area contributed by atoms with Gasteiger partial charge < -0.3 is 19.0 Å². The molecule has 11 heteroatoms. The Morgan fingerprint density at radius 1 is 1.17 bits per heavy atom. The minimum absolute atomic E-state index is 0.0333. The lowest BCUT2D eigenvalue weighted by Crippen LogP contribution is -2.51. The predicted octanol–water partition coefficient (Wildman–Crippen LogP) is 3.25. The minimum atomic E-state index is -3.60. The molecule has 1 saturated heterocycles. The number of carbonyl (C=O) groups excluding carboxylic acids is 2. The van der Waals surface area contributed by atoms with E-state index in [0.29, 0.717) is 43.9 Å². The molecule has 3 rings (SSSR count). The molecule has 0 aliphatic carbocycles. The number of rotatable bonds is 12. The summed E-state index contributed by atoms with van der Waals surface area (Å²) in [6.07, 6.45) is 3.07. The van der Waals surface area contributed by atoms with Crippen LogP contribution in [0.1, 0.15) is 42.3 Å². The van der Waals surface area contributed by atoms with Crippen molar-refractivity contribution in [2.75, 3.05) is 45.6 Å². The van der Waals surface area contributed by atoms with Crippen LogP contribution < -0.4 is 0 Å². The largest absolute Gasteiger partial charge is 0.459 e. The number of ether oxygens (including phenoxy) is 1. The van der Waals surface area contributed by atoms with Gasteiger partial charge >= 0.3 is 0 Å². The maximum Gasteiger partial charge on any atom is 0.289 e. The molecule has 0 N–H and O–H groups in total. The molecule has 2 amide bonds. The molecule has 1 aromatic carbocycles. The third-order valence-corrected chi connectivity index (χ3v) is 8.50. The van der Waals surface area contributed by atoms with E-state index in [1.807, 2.05) is 12.1 Å². The fourth-order valence-electron chi connectivity index (χ4n) is 4.28. The minimum Gasteiger partial charge on any atom is -0.459 e. The molecule has 2 aromatic rings. The van der Waals surface area contributed by atoms with Crippen LogP contribution in [0.5, 0.6) is 0 Å². The van der Waals surface area contributed by atoms with Gasteiger partial charge in [0.2, 0.25) is 15.9 Å². The third-order valence-electron chi connectivity index (χ3n) is 6.22. The Morgan fingerprint density at radius 3 is 2.44 bits per heavy atom. The Bertz CT molecular complexity index is 1080. The molecule has 1 aliphatic heterocycles. The molecule has 1 aromatic heterocycles. The van der Waals surface area contributed by atoms with Crippen molar-refractivity contribution in [3.63, 3.8) is 0 Å². The molecule has 198 valence electrons. The van der Waals surface area contributed by atoms with Crippen molar-refractivity contribution in [3.8, 4) is 0 Å². The Hall–Kier alpha value is -2.40. The lowest BCUT2D eigenvalue weighted by Gasteiger charge is -2.39. The highest BCUT2D eigenvalue weighted by atomic mass is 35.5. The Morgan fingerprint density at radius 2 is 1.86 bits per heavy atom. The van der Waals surface area contributed by atoms with Gasteiger partial charge in [-0.05, 0) is 49.1 Å². The van der Waals surface area contributed by atoms with Crippen LogP contribution in [-0.2, 0) is 26.1 Å².